The Bertz CT molecular complexity index is 1910. The summed E-state index contributed by atoms with van der Waals surface area (Å²) in [5.41, 5.74) is 5.27. The fourth-order valence-corrected chi connectivity index (χ4v) is 8.85. The summed E-state index contributed by atoms with van der Waals surface area (Å²) in [5, 5.41) is 10.2. The lowest BCUT2D eigenvalue weighted by Gasteiger charge is -2.31. The number of thiophene rings is 1. The number of halogens is 4. The molecule has 4 aromatic rings. The maximum Gasteiger partial charge on any atom is 0.319 e. The second-order valence-electron chi connectivity index (χ2n) is 12.5. The molecule has 8 rings (SSSR count). The van der Waals surface area contributed by atoms with Crippen molar-refractivity contribution in [3.8, 4) is 23.2 Å². The van der Waals surface area contributed by atoms with Gasteiger partial charge in [-0.15, -0.1) is 11.3 Å². The highest BCUT2D eigenvalue weighted by Crippen LogP contribution is 2.47. The number of aromatic nitrogens is 2. The molecule has 4 aliphatic heterocycles. The number of nitriles is 1. The molecular weight excluding hydrogens is 608 g/mol. The minimum Gasteiger partial charge on any atom is -0.461 e. The van der Waals surface area contributed by atoms with Gasteiger partial charge in [0.15, 0.2) is 5.82 Å². The Hall–Kier alpha value is -3.73. The van der Waals surface area contributed by atoms with Crippen molar-refractivity contribution in [1.82, 2.24) is 14.9 Å². The van der Waals surface area contributed by atoms with Gasteiger partial charge >= 0.3 is 6.01 Å². The Morgan fingerprint density at radius 3 is 2.87 bits per heavy atom. The molecule has 0 unspecified atom stereocenters. The molecule has 8 nitrogen and oxygen atoms in total. The summed E-state index contributed by atoms with van der Waals surface area (Å²) in [6.45, 7) is 2.82. The molecule has 6 heterocycles. The van der Waals surface area contributed by atoms with E-state index in [2.05, 4.69) is 9.88 Å². The van der Waals surface area contributed by atoms with E-state index in [0.29, 0.717) is 51.4 Å². The zero-order valence-corrected chi connectivity index (χ0v) is 25.2. The Balaban J connectivity index is 1.35. The summed E-state index contributed by atoms with van der Waals surface area (Å²) in [6.07, 6.45) is 2.59. The van der Waals surface area contributed by atoms with Crippen LogP contribution in [0.1, 0.15) is 43.2 Å². The standard InChI is InChI=1S/C32H30F4N6O2S/c33-16-11-32(7-1-8-41(32)13-16)15-44-31-39-27-24-19(4-3-17-14-43-10-2-9-42(17)30(24)40-31)25(35)23(26(27)36)18-5-6-21(34)28-22(18)20(12-37)29(38)45-28/h5-6,16-17H,1-4,7-11,13-15,38H2/t16-,17+,32+/m1/s1. The first-order valence-electron chi connectivity index (χ1n) is 15.3. The molecule has 2 aromatic heterocycles. The number of nitrogen functional groups attached to an aromatic ring is 1. The molecule has 0 radical (unpaired) electrons. The second kappa shape index (κ2) is 10.7. The van der Waals surface area contributed by atoms with Crippen molar-refractivity contribution in [3.63, 3.8) is 0 Å². The topological polar surface area (TPSA) is 101 Å². The molecule has 3 saturated heterocycles. The summed E-state index contributed by atoms with van der Waals surface area (Å²) >= 11 is 0.863. The van der Waals surface area contributed by atoms with Gasteiger partial charge in [0.1, 0.15) is 46.8 Å². The third-order valence-electron chi connectivity index (χ3n) is 9.95. The SMILES string of the molecule is N#Cc1c(N)sc2c(F)ccc(-c3c(F)c4c5c(nc(OC[C@@]67CCCN6C[C@H](F)C7)nc5c3F)N3CCCOC[C@@H]3CC4)c12. The summed E-state index contributed by atoms with van der Waals surface area (Å²) in [4.78, 5) is 13.5. The first-order valence-corrected chi connectivity index (χ1v) is 16.1. The zero-order valence-electron chi connectivity index (χ0n) is 24.3. The normalized spacial score (nSPS) is 24.8. The van der Waals surface area contributed by atoms with Gasteiger partial charge in [-0.2, -0.15) is 15.2 Å². The average molecular weight is 639 g/mol. The largest absolute Gasteiger partial charge is 0.461 e. The van der Waals surface area contributed by atoms with E-state index < -0.39 is 34.7 Å². The molecule has 0 saturated carbocycles. The van der Waals surface area contributed by atoms with Crippen molar-refractivity contribution in [3.05, 3.63) is 40.7 Å². The first-order chi connectivity index (χ1) is 21.8. The number of nitrogens with zero attached hydrogens (tertiary/aromatic N) is 5. The number of ether oxygens (including phenoxy) is 2. The van der Waals surface area contributed by atoms with Gasteiger partial charge in [0, 0.05) is 37.1 Å². The van der Waals surface area contributed by atoms with Crippen LogP contribution in [0.4, 0.5) is 28.4 Å². The van der Waals surface area contributed by atoms with E-state index in [1.165, 1.54) is 6.07 Å². The molecule has 45 heavy (non-hydrogen) atoms. The minimum atomic E-state index is -0.962. The molecular formula is C32H30F4N6O2S. The van der Waals surface area contributed by atoms with Crippen LogP contribution in [0.5, 0.6) is 6.01 Å². The van der Waals surface area contributed by atoms with E-state index in [-0.39, 0.29) is 67.8 Å². The van der Waals surface area contributed by atoms with E-state index in [0.717, 1.165) is 36.8 Å². The van der Waals surface area contributed by atoms with Crippen LogP contribution in [0.2, 0.25) is 0 Å². The van der Waals surface area contributed by atoms with Gasteiger partial charge in [-0.3, -0.25) is 4.90 Å². The minimum absolute atomic E-state index is 0.0224. The van der Waals surface area contributed by atoms with Crippen molar-refractivity contribution in [1.29, 1.82) is 5.26 Å². The number of nitrogens with two attached hydrogens (primary N) is 1. The Kier molecular flexibility index (Phi) is 6.81. The Labute approximate surface area is 260 Å². The number of alkyl halides is 1. The van der Waals surface area contributed by atoms with Crippen LogP contribution in [0.3, 0.4) is 0 Å². The van der Waals surface area contributed by atoms with Crippen molar-refractivity contribution in [2.24, 2.45) is 0 Å². The number of hydrogen-bond donors (Lipinski definition) is 1. The lowest BCUT2D eigenvalue weighted by molar-refractivity contribution is 0.107. The van der Waals surface area contributed by atoms with Crippen LogP contribution in [0.25, 0.3) is 32.1 Å². The molecule has 0 spiro atoms. The van der Waals surface area contributed by atoms with Crippen LogP contribution in [0.15, 0.2) is 12.1 Å². The smallest absolute Gasteiger partial charge is 0.319 e. The fraction of sp³-hybridized carbons (Fsp3) is 0.469. The number of anilines is 2. The van der Waals surface area contributed by atoms with Crippen LogP contribution in [0, 0.1) is 28.8 Å². The summed E-state index contributed by atoms with van der Waals surface area (Å²) < 4.78 is 75.2. The third-order valence-corrected chi connectivity index (χ3v) is 11.0. The monoisotopic (exact) mass is 638 g/mol. The number of rotatable bonds is 4. The predicted octanol–water partition coefficient (Wildman–Crippen LogP) is 5.88. The maximum atomic E-state index is 16.9. The van der Waals surface area contributed by atoms with Gasteiger partial charge in [-0.1, -0.05) is 6.07 Å². The van der Waals surface area contributed by atoms with Crippen molar-refractivity contribution < 1.29 is 27.0 Å². The van der Waals surface area contributed by atoms with Gasteiger partial charge < -0.3 is 20.1 Å². The maximum absolute atomic E-state index is 16.9. The molecule has 13 heteroatoms. The van der Waals surface area contributed by atoms with E-state index >= 15 is 8.78 Å². The van der Waals surface area contributed by atoms with Crippen molar-refractivity contribution in [2.45, 2.75) is 56.3 Å². The molecule has 3 fully saturated rings. The molecule has 4 aliphatic rings. The average Bonchev–Trinajstić information content (AvgIpc) is 3.55. The molecule has 0 aliphatic carbocycles. The molecule has 3 atom stereocenters. The van der Waals surface area contributed by atoms with Gasteiger partial charge in [0.2, 0.25) is 0 Å². The van der Waals surface area contributed by atoms with Crippen molar-refractivity contribution in [2.75, 3.05) is 50.1 Å². The van der Waals surface area contributed by atoms with E-state index in [1.54, 1.807) is 0 Å². The molecule has 234 valence electrons. The van der Waals surface area contributed by atoms with E-state index in [4.69, 9.17) is 20.2 Å². The van der Waals surface area contributed by atoms with Gasteiger partial charge in [0.05, 0.1) is 39.4 Å². The highest BCUT2D eigenvalue weighted by Gasteiger charge is 2.49. The van der Waals surface area contributed by atoms with Crippen LogP contribution < -0.4 is 15.4 Å². The van der Waals surface area contributed by atoms with Crippen LogP contribution in [-0.2, 0) is 11.2 Å². The second-order valence-corrected chi connectivity index (χ2v) is 13.5. The Morgan fingerprint density at radius 1 is 1.16 bits per heavy atom. The summed E-state index contributed by atoms with van der Waals surface area (Å²) in [5.74, 6) is -2.03. The number of aryl methyl sites for hydroxylation is 1. The third kappa shape index (κ3) is 4.36. The van der Waals surface area contributed by atoms with Gasteiger partial charge in [-0.25, -0.2) is 17.6 Å². The predicted molar refractivity (Wildman–Crippen MR) is 163 cm³/mol. The molecule has 0 bridgehead atoms. The summed E-state index contributed by atoms with van der Waals surface area (Å²) in [7, 11) is 0. The molecule has 2 N–H and O–H groups in total. The molecule has 2 aromatic carbocycles. The highest BCUT2D eigenvalue weighted by atomic mass is 32.1. The quantitative estimate of drug-likeness (QED) is 0.277. The highest BCUT2D eigenvalue weighted by molar-refractivity contribution is 7.23. The van der Waals surface area contributed by atoms with Gasteiger partial charge in [-0.05, 0) is 50.3 Å². The lowest BCUT2D eigenvalue weighted by Crippen LogP contribution is -2.43. The van der Waals surface area contributed by atoms with E-state index in [1.807, 2.05) is 11.0 Å². The first kappa shape index (κ1) is 28.7. The zero-order chi connectivity index (χ0) is 31.0. The lowest BCUT2D eigenvalue weighted by atomic mass is 9.92. The number of fused-ring (bicyclic) bond motifs is 4. The van der Waals surface area contributed by atoms with E-state index in [9.17, 15) is 14.0 Å². The Morgan fingerprint density at radius 2 is 2.02 bits per heavy atom. The number of benzene rings is 2. The van der Waals surface area contributed by atoms with Gasteiger partial charge in [0.25, 0.3) is 0 Å². The number of hydrogen-bond acceptors (Lipinski definition) is 9. The molecule has 0 amide bonds. The fourth-order valence-electron chi connectivity index (χ4n) is 7.90. The van der Waals surface area contributed by atoms with Crippen LogP contribution >= 0.6 is 11.3 Å². The van der Waals surface area contributed by atoms with Crippen molar-refractivity contribution >= 4 is 43.1 Å². The summed E-state index contributed by atoms with van der Waals surface area (Å²) in [6, 6.07) is 4.18. The van der Waals surface area contributed by atoms with Crippen LogP contribution in [-0.4, -0.2) is 72.1 Å².